The number of hydrogen-bond donors (Lipinski definition) is 2. The first-order valence-electron chi connectivity index (χ1n) is 6.93. The fraction of sp³-hybridized carbons (Fsp3) is 0.571. The fourth-order valence-corrected chi connectivity index (χ4v) is 4.26. The third kappa shape index (κ3) is 4.59. The summed E-state index contributed by atoms with van der Waals surface area (Å²) in [5, 5.41) is 10.0. The molecule has 0 saturated carbocycles. The first-order chi connectivity index (χ1) is 9.87. The maximum absolute atomic E-state index is 11.5. The van der Waals surface area contributed by atoms with Crippen LogP contribution in [0.4, 0.5) is 5.69 Å². The Balaban J connectivity index is 1.79. The van der Waals surface area contributed by atoms with Gasteiger partial charge in [0.1, 0.15) is 18.5 Å². The van der Waals surface area contributed by atoms with Crippen LogP contribution in [0.1, 0.15) is 6.42 Å². The van der Waals surface area contributed by atoms with Gasteiger partial charge >= 0.3 is 0 Å². The Morgan fingerprint density at radius 3 is 2.81 bits per heavy atom. The molecule has 1 aliphatic heterocycles. The van der Waals surface area contributed by atoms with Gasteiger partial charge in [-0.3, -0.25) is 4.90 Å². The van der Waals surface area contributed by atoms with Crippen LogP contribution >= 0.6 is 0 Å². The van der Waals surface area contributed by atoms with Gasteiger partial charge < -0.3 is 15.6 Å². The lowest BCUT2D eigenvalue weighted by Crippen LogP contribution is -2.40. The standard InChI is InChI=1S/C14H22N2O4S/c1-16(11-6-7-21(18,19)10-11)8-12(17)9-20-14-5-3-2-4-13(14)15/h2-5,11-12,17H,6-10,15H2,1H3. The van der Waals surface area contributed by atoms with Crippen molar-refractivity contribution in [2.75, 3.05) is 37.4 Å². The largest absolute Gasteiger partial charge is 0.489 e. The molecule has 0 aromatic heterocycles. The zero-order chi connectivity index (χ0) is 15.5. The van der Waals surface area contributed by atoms with Gasteiger partial charge in [-0.1, -0.05) is 12.1 Å². The van der Waals surface area contributed by atoms with Crippen molar-refractivity contribution < 1.29 is 18.3 Å². The number of benzene rings is 1. The third-order valence-electron chi connectivity index (χ3n) is 3.68. The first-order valence-corrected chi connectivity index (χ1v) is 8.75. The summed E-state index contributed by atoms with van der Waals surface area (Å²) in [4.78, 5) is 1.88. The molecule has 2 unspecified atom stereocenters. The summed E-state index contributed by atoms with van der Waals surface area (Å²) < 4.78 is 28.4. The van der Waals surface area contributed by atoms with Gasteiger partial charge in [-0.05, 0) is 25.6 Å². The molecule has 1 heterocycles. The van der Waals surface area contributed by atoms with Crippen molar-refractivity contribution in [2.45, 2.75) is 18.6 Å². The van der Waals surface area contributed by atoms with Crippen molar-refractivity contribution in [1.29, 1.82) is 0 Å². The summed E-state index contributed by atoms with van der Waals surface area (Å²) >= 11 is 0. The minimum atomic E-state index is -2.91. The average Bonchev–Trinajstić information content (AvgIpc) is 2.78. The lowest BCUT2D eigenvalue weighted by molar-refractivity contribution is 0.0666. The molecule has 2 atom stereocenters. The van der Waals surface area contributed by atoms with Crippen molar-refractivity contribution >= 4 is 15.5 Å². The van der Waals surface area contributed by atoms with Gasteiger partial charge in [0.25, 0.3) is 0 Å². The van der Waals surface area contributed by atoms with Crippen molar-refractivity contribution in [3.8, 4) is 5.75 Å². The van der Waals surface area contributed by atoms with Crippen LogP contribution in [-0.2, 0) is 9.84 Å². The van der Waals surface area contributed by atoms with Crippen LogP contribution in [0.15, 0.2) is 24.3 Å². The zero-order valence-corrected chi connectivity index (χ0v) is 12.9. The number of aliphatic hydroxyl groups is 1. The van der Waals surface area contributed by atoms with Crippen LogP contribution in [0.2, 0.25) is 0 Å². The Kier molecular flexibility index (Phi) is 5.08. The molecule has 1 saturated heterocycles. The number of aliphatic hydroxyl groups excluding tert-OH is 1. The molecule has 3 N–H and O–H groups in total. The Bertz CT molecular complexity index is 576. The van der Waals surface area contributed by atoms with Gasteiger partial charge in [-0.25, -0.2) is 8.42 Å². The Hall–Kier alpha value is -1.31. The van der Waals surface area contributed by atoms with Gasteiger partial charge in [0.15, 0.2) is 9.84 Å². The number of hydrogen-bond acceptors (Lipinski definition) is 6. The fourth-order valence-electron chi connectivity index (χ4n) is 2.46. The molecule has 1 fully saturated rings. The van der Waals surface area contributed by atoms with Gasteiger partial charge in [-0.15, -0.1) is 0 Å². The Labute approximate surface area is 125 Å². The molecule has 0 aliphatic carbocycles. The van der Waals surface area contributed by atoms with Gasteiger partial charge in [0, 0.05) is 12.6 Å². The highest BCUT2D eigenvalue weighted by Gasteiger charge is 2.31. The molecule has 0 spiro atoms. The van der Waals surface area contributed by atoms with E-state index in [1.165, 1.54) is 0 Å². The van der Waals surface area contributed by atoms with E-state index in [2.05, 4.69) is 0 Å². The van der Waals surface area contributed by atoms with E-state index in [-0.39, 0.29) is 24.2 Å². The number of likely N-dealkylation sites (N-methyl/N-ethyl adjacent to an activating group) is 1. The lowest BCUT2D eigenvalue weighted by Gasteiger charge is -2.25. The van der Waals surface area contributed by atoms with Crippen molar-refractivity contribution in [3.63, 3.8) is 0 Å². The molecule has 0 bridgehead atoms. The SMILES string of the molecule is CN(CC(O)COc1ccccc1N)C1CCS(=O)(=O)C1. The zero-order valence-electron chi connectivity index (χ0n) is 12.1. The highest BCUT2D eigenvalue weighted by molar-refractivity contribution is 7.91. The van der Waals surface area contributed by atoms with Crippen LogP contribution in [0.3, 0.4) is 0 Å². The molecule has 7 heteroatoms. The Morgan fingerprint density at radius 2 is 2.19 bits per heavy atom. The topological polar surface area (TPSA) is 92.9 Å². The molecule has 1 aliphatic rings. The van der Waals surface area contributed by atoms with Gasteiger partial charge in [-0.2, -0.15) is 0 Å². The summed E-state index contributed by atoms with van der Waals surface area (Å²) in [6, 6.07) is 7.08. The summed E-state index contributed by atoms with van der Waals surface area (Å²) in [7, 11) is -1.08. The highest BCUT2D eigenvalue weighted by Crippen LogP contribution is 2.20. The second kappa shape index (κ2) is 6.64. The van der Waals surface area contributed by atoms with E-state index < -0.39 is 15.9 Å². The molecule has 1 aromatic rings. The molecule has 0 radical (unpaired) electrons. The van der Waals surface area contributed by atoms with Gasteiger partial charge in [0.2, 0.25) is 0 Å². The summed E-state index contributed by atoms with van der Waals surface area (Å²) in [6.45, 7) is 0.491. The maximum Gasteiger partial charge on any atom is 0.151 e. The number of anilines is 1. The number of sulfone groups is 1. The average molecular weight is 314 g/mol. The molecule has 0 amide bonds. The first kappa shape index (κ1) is 16.1. The second-order valence-electron chi connectivity index (χ2n) is 5.50. The van der Waals surface area contributed by atoms with Crippen molar-refractivity contribution in [3.05, 3.63) is 24.3 Å². The maximum atomic E-state index is 11.5. The monoisotopic (exact) mass is 314 g/mol. The Morgan fingerprint density at radius 1 is 1.48 bits per heavy atom. The van der Waals surface area contributed by atoms with E-state index in [0.29, 0.717) is 24.4 Å². The third-order valence-corrected chi connectivity index (χ3v) is 5.43. The number of para-hydroxylation sites is 2. The van der Waals surface area contributed by atoms with Crippen LogP contribution < -0.4 is 10.5 Å². The molecule has 118 valence electrons. The van der Waals surface area contributed by atoms with E-state index in [9.17, 15) is 13.5 Å². The summed E-state index contributed by atoms with van der Waals surface area (Å²) in [6.07, 6.45) is -0.0733. The van der Waals surface area contributed by atoms with Gasteiger partial charge in [0.05, 0.1) is 17.2 Å². The molecule has 21 heavy (non-hydrogen) atoms. The number of nitrogens with zero attached hydrogens (tertiary/aromatic N) is 1. The highest BCUT2D eigenvalue weighted by atomic mass is 32.2. The minimum absolute atomic E-state index is 0.0218. The summed E-state index contributed by atoms with van der Waals surface area (Å²) in [5.74, 6) is 0.945. The number of nitrogen functional groups attached to an aromatic ring is 1. The van der Waals surface area contributed by atoms with Crippen LogP contribution in [0.25, 0.3) is 0 Å². The quantitative estimate of drug-likeness (QED) is 0.725. The molecular weight excluding hydrogens is 292 g/mol. The van der Waals surface area contributed by atoms with Crippen molar-refractivity contribution in [1.82, 2.24) is 4.90 Å². The van der Waals surface area contributed by atoms with Crippen LogP contribution in [-0.4, -0.2) is 62.3 Å². The van der Waals surface area contributed by atoms with E-state index in [0.717, 1.165) is 0 Å². The molecule has 1 aromatic carbocycles. The number of rotatable bonds is 6. The molecular formula is C14H22N2O4S. The minimum Gasteiger partial charge on any atom is -0.489 e. The van der Waals surface area contributed by atoms with E-state index in [1.54, 1.807) is 12.1 Å². The number of nitrogens with two attached hydrogens (primary N) is 1. The predicted molar refractivity (Wildman–Crippen MR) is 82.0 cm³/mol. The lowest BCUT2D eigenvalue weighted by atomic mass is 10.2. The van der Waals surface area contributed by atoms with E-state index >= 15 is 0 Å². The normalized spacial score (nSPS) is 22.3. The molecule has 6 nitrogen and oxygen atoms in total. The smallest absolute Gasteiger partial charge is 0.151 e. The summed E-state index contributed by atoms with van der Waals surface area (Å²) in [5.41, 5.74) is 6.28. The van der Waals surface area contributed by atoms with Crippen LogP contribution in [0.5, 0.6) is 5.75 Å². The van der Waals surface area contributed by atoms with Crippen LogP contribution in [0, 0.1) is 0 Å². The molecule has 2 rings (SSSR count). The second-order valence-corrected chi connectivity index (χ2v) is 7.73. The van der Waals surface area contributed by atoms with E-state index in [4.69, 9.17) is 10.5 Å². The predicted octanol–water partition coefficient (Wildman–Crippen LogP) is 0.127. The van der Waals surface area contributed by atoms with E-state index in [1.807, 2.05) is 24.1 Å². The van der Waals surface area contributed by atoms with Crippen molar-refractivity contribution in [2.24, 2.45) is 0 Å². The number of ether oxygens (including phenoxy) is 1.